The van der Waals surface area contributed by atoms with Gasteiger partial charge in [0.2, 0.25) is 0 Å². The number of ether oxygens (including phenoxy) is 1. The van der Waals surface area contributed by atoms with Crippen molar-refractivity contribution in [2.75, 3.05) is 39.8 Å². The standard InChI is InChI=1S/C29H39ClN6O2.C2H6/c1-19(2)38-29(37)36-15-13-35(14-16-36)28-23-9-7-21(30)17-24(23)22(8-6-20-5-4-11-33-27(20)28)26(31)25-10-12-32-18-34(25)3;1-2/h4-5,7-9,11,17-19,25-28,33H,6,10,12-16,31H2,1-3H3;1-2H3/b22-8+;. The Labute approximate surface area is 244 Å². The van der Waals surface area contributed by atoms with E-state index in [1.165, 1.54) is 11.1 Å². The zero-order valence-electron chi connectivity index (χ0n) is 24.5. The number of carbonyl (C=O) groups is 1. The van der Waals surface area contributed by atoms with Gasteiger partial charge in [0.1, 0.15) is 0 Å². The monoisotopic (exact) mass is 568 g/mol. The van der Waals surface area contributed by atoms with Crippen molar-refractivity contribution in [2.45, 2.75) is 70.8 Å². The van der Waals surface area contributed by atoms with Crippen LogP contribution in [-0.2, 0) is 4.74 Å². The number of benzene rings is 1. The summed E-state index contributed by atoms with van der Waals surface area (Å²) in [5.74, 6) is 0. The van der Waals surface area contributed by atoms with Crippen LogP contribution in [-0.4, -0.2) is 91.1 Å². The number of nitrogens with one attached hydrogen (secondary N) is 1. The first-order chi connectivity index (χ1) is 19.3. The van der Waals surface area contributed by atoms with E-state index < -0.39 is 0 Å². The molecule has 0 aromatic heterocycles. The molecular formula is C31H45ClN6O2. The molecule has 4 atom stereocenters. The van der Waals surface area contributed by atoms with E-state index in [2.05, 4.69) is 57.5 Å². The fourth-order valence-corrected chi connectivity index (χ4v) is 6.26. The molecule has 3 N–H and O–H groups in total. The van der Waals surface area contributed by atoms with Gasteiger partial charge in [-0.1, -0.05) is 43.7 Å². The molecule has 1 fully saturated rings. The number of hydrogen-bond acceptors (Lipinski definition) is 7. The largest absolute Gasteiger partial charge is 0.447 e. The minimum Gasteiger partial charge on any atom is -0.447 e. The molecule has 3 heterocycles. The van der Waals surface area contributed by atoms with Crippen LogP contribution in [0.3, 0.4) is 0 Å². The van der Waals surface area contributed by atoms with E-state index in [1.807, 2.05) is 51.2 Å². The van der Waals surface area contributed by atoms with Crippen molar-refractivity contribution in [3.63, 3.8) is 0 Å². The van der Waals surface area contributed by atoms with Gasteiger partial charge in [-0.2, -0.15) is 0 Å². The average Bonchev–Trinajstić information content (AvgIpc) is 2.95. The molecule has 1 aliphatic carbocycles. The fourth-order valence-electron chi connectivity index (χ4n) is 6.09. The topological polar surface area (TPSA) is 86.4 Å². The molecule has 3 aliphatic heterocycles. The number of rotatable bonds is 4. The van der Waals surface area contributed by atoms with E-state index in [-0.39, 0.29) is 36.4 Å². The SMILES string of the molecule is CC.CC(C)OC(=O)N1CCN(C2c3ccc(Cl)cc3/C(C(N)C3CCN=CN3C)=C\CC3=CC=CNC32)CC1. The lowest BCUT2D eigenvalue weighted by Crippen LogP contribution is -2.54. The Morgan fingerprint density at radius 3 is 2.65 bits per heavy atom. The number of dihydropyridines is 1. The van der Waals surface area contributed by atoms with Crippen LogP contribution in [0.15, 0.2) is 53.2 Å². The summed E-state index contributed by atoms with van der Waals surface area (Å²) in [6.07, 6.45) is 11.9. The van der Waals surface area contributed by atoms with E-state index in [0.717, 1.165) is 43.6 Å². The summed E-state index contributed by atoms with van der Waals surface area (Å²) in [5, 5.41) is 4.35. The Morgan fingerprint density at radius 1 is 1.20 bits per heavy atom. The van der Waals surface area contributed by atoms with Crippen molar-refractivity contribution >= 4 is 29.6 Å². The quantitative estimate of drug-likeness (QED) is 0.541. The summed E-state index contributed by atoms with van der Waals surface area (Å²) in [6, 6.07) is 6.36. The second-order valence-corrected chi connectivity index (χ2v) is 11.2. The lowest BCUT2D eigenvalue weighted by Gasteiger charge is -2.45. The Morgan fingerprint density at radius 2 is 1.95 bits per heavy atom. The number of halogens is 1. The van der Waals surface area contributed by atoms with Gasteiger partial charge in [-0.05, 0) is 73.4 Å². The maximum absolute atomic E-state index is 12.6. The van der Waals surface area contributed by atoms with Crippen LogP contribution in [0, 0.1) is 0 Å². The van der Waals surface area contributed by atoms with Crippen molar-refractivity contribution in [3.05, 3.63) is 64.3 Å². The Kier molecular flexibility index (Phi) is 10.3. The molecule has 4 aliphatic rings. The molecule has 1 aromatic carbocycles. The van der Waals surface area contributed by atoms with E-state index in [4.69, 9.17) is 22.1 Å². The number of fused-ring (bicyclic) bond motifs is 2. The number of likely N-dealkylation sites (N-methyl/N-ethyl adjacent to an activating group) is 1. The van der Waals surface area contributed by atoms with Crippen molar-refractivity contribution in [3.8, 4) is 0 Å². The zero-order valence-corrected chi connectivity index (χ0v) is 25.3. The molecule has 0 saturated carbocycles. The smallest absolute Gasteiger partial charge is 0.410 e. The Bertz CT molecular complexity index is 1150. The van der Waals surface area contributed by atoms with Gasteiger partial charge in [0, 0.05) is 44.8 Å². The average molecular weight is 569 g/mol. The van der Waals surface area contributed by atoms with Gasteiger partial charge in [-0.15, -0.1) is 0 Å². The molecule has 0 radical (unpaired) electrons. The van der Waals surface area contributed by atoms with Crippen LogP contribution in [0.5, 0.6) is 0 Å². The summed E-state index contributed by atoms with van der Waals surface area (Å²) < 4.78 is 5.46. The Balaban J connectivity index is 0.00000181. The number of nitrogens with zero attached hydrogens (tertiary/aromatic N) is 4. The molecule has 1 aromatic rings. The molecule has 218 valence electrons. The molecule has 0 spiro atoms. The third-order valence-corrected chi connectivity index (χ3v) is 8.25. The van der Waals surface area contributed by atoms with Crippen LogP contribution in [0.25, 0.3) is 5.57 Å². The van der Waals surface area contributed by atoms with Crippen molar-refractivity contribution in [1.82, 2.24) is 20.0 Å². The molecule has 1 amide bonds. The zero-order chi connectivity index (χ0) is 28.8. The molecular weight excluding hydrogens is 524 g/mol. The lowest BCUT2D eigenvalue weighted by molar-refractivity contribution is 0.0445. The molecule has 4 unspecified atom stereocenters. The number of hydrogen-bond donors (Lipinski definition) is 2. The second-order valence-electron chi connectivity index (χ2n) is 10.8. The van der Waals surface area contributed by atoms with E-state index >= 15 is 0 Å². The van der Waals surface area contributed by atoms with Crippen LogP contribution < -0.4 is 11.1 Å². The van der Waals surface area contributed by atoms with Crippen molar-refractivity contribution in [2.24, 2.45) is 10.7 Å². The summed E-state index contributed by atoms with van der Waals surface area (Å²) in [4.78, 5) is 23.4. The van der Waals surface area contributed by atoms with Crippen LogP contribution >= 0.6 is 11.6 Å². The van der Waals surface area contributed by atoms with Gasteiger partial charge < -0.3 is 25.6 Å². The number of aliphatic imine (C=N–C) groups is 1. The first-order valence-electron chi connectivity index (χ1n) is 14.6. The highest BCUT2D eigenvalue weighted by atomic mass is 35.5. The maximum atomic E-state index is 12.6. The number of amides is 1. The highest BCUT2D eigenvalue weighted by Crippen LogP contribution is 2.41. The first-order valence-corrected chi connectivity index (χ1v) is 15.0. The molecule has 5 rings (SSSR count). The molecule has 0 bridgehead atoms. The van der Waals surface area contributed by atoms with E-state index in [9.17, 15) is 4.79 Å². The summed E-state index contributed by atoms with van der Waals surface area (Å²) in [6.45, 7) is 11.3. The molecule has 1 saturated heterocycles. The predicted molar refractivity (Wildman–Crippen MR) is 165 cm³/mol. The summed E-state index contributed by atoms with van der Waals surface area (Å²) in [7, 11) is 2.05. The van der Waals surface area contributed by atoms with Gasteiger partial charge in [0.15, 0.2) is 0 Å². The van der Waals surface area contributed by atoms with Crippen LogP contribution in [0.4, 0.5) is 4.79 Å². The third-order valence-electron chi connectivity index (χ3n) is 8.02. The third kappa shape index (κ3) is 6.56. The van der Waals surface area contributed by atoms with Crippen LogP contribution in [0.1, 0.15) is 57.7 Å². The normalized spacial score (nSPS) is 26.6. The molecule has 40 heavy (non-hydrogen) atoms. The number of nitrogens with two attached hydrogens (primary N) is 1. The van der Waals surface area contributed by atoms with Gasteiger partial charge in [0.25, 0.3) is 0 Å². The summed E-state index contributed by atoms with van der Waals surface area (Å²) >= 11 is 6.61. The van der Waals surface area contributed by atoms with Gasteiger partial charge in [-0.25, -0.2) is 4.79 Å². The second kappa shape index (κ2) is 13.7. The Hall–Kier alpha value is -2.81. The van der Waals surface area contributed by atoms with Crippen LogP contribution in [0.2, 0.25) is 5.02 Å². The number of allylic oxidation sites excluding steroid dienone is 3. The van der Waals surface area contributed by atoms with E-state index in [0.29, 0.717) is 18.1 Å². The van der Waals surface area contributed by atoms with Gasteiger partial charge in [-0.3, -0.25) is 9.89 Å². The molecule has 8 nitrogen and oxygen atoms in total. The predicted octanol–water partition coefficient (Wildman–Crippen LogP) is 4.83. The van der Waals surface area contributed by atoms with Gasteiger partial charge in [0.05, 0.1) is 36.6 Å². The minimum atomic E-state index is -0.236. The summed E-state index contributed by atoms with van der Waals surface area (Å²) in [5.41, 5.74) is 11.8. The van der Waals surface area contributed by atoms with Crippen molar-refractivity contribution < 1.29 is 9.53 Å². The number of piperazine rings is 1. The maximum Gasteiger partial charge on any atom is 0.410 e. The fraction of sp³-hybridized carbons (Fsp3) is 0.548. The highest BCUT2D eigenvalue weighted by Gasteiger charge is 2.38. The number of carbonyl (C=O) groups excluding carboxylic acids is 1. The first kappa shape index (κ1) is 30.2. The molecule has 9 heteroatoms. The minimum absolute atomic E-state index is 0.0586. The van der Waals surface area contributed by atoms with Gasteiger partial charge >= 0.3 is 6.09 Å². The highest BCUT2D eigenvalue weighted by molar-refractivity contribution is 6.30. The lowest BCUT2D eigenvalue weighted by atomic mass is 9.79. The van der Waals surface area contributed by atoms with E-state index in [1.54, 1.807) is 0 Å². The van der Waals surface area contributed by atoms with Crippen molar-refractivity contribution in [1.29, 1.82) is 0 Å².